The van der Waals surface area contributed by atoms with Gasteiger partial charge >= 0.3 is 0 Å². The van der Waals surface area contributed by atoms with E-state index in [4.69, 9.17) is 23.2 Å². The number of anilines is 2. The number of amides is 2. The summed E-state index contributed by atoms with van der Waals surface area (Å²) in [5.41, 5.74) is 3.23. The number of para-hydroxylation sites is 1. The van der Waals surface area contributed by atoms with Gasteiger partial charge in [0.1, 0.15) is 0 Å². The predicted octanol–water partition coefficient (Wildman–Crippen LogP) is 4.51. The SMILES string of the molecule is Cc1cccc(C)c1NC(=O)CN(C)C(C)C(=O)Nc1cccc(Cl)c1Cl. The molecule has 0 fully saturated rings. The van der Waals surface area contributed by atoms with Gasteiger partial charge in [-0.3, -0.25) is 14.5 Å². The molecule has 2 aromatic rings. The number of halogens is 2. The molecule has 7 heteroatoms. The average Bonchev–Trinajstić information content (AvgIpc) is 2.61. The van der Waals surface area contributed by atoms with Crippen LogP contribution in [0.4, 0.5) is 11.4 Å². The fraction of sp³-hybridized carbons (Fsp3) is 0.300. The first-order chi connectivity index (χ1) is 12.7. The summed E-state index contributed by atoms with van der Waals surface area (Å²) >= 11 is 12.1. The van der Waals surface area contributed by atoms with Crippen LogP contribution in [0.5, 0.6) is 0 Å². The zero-order valence-corrected chi connectivity index (χ0v) is 17.3. The van der Waals surface area contributed by atoms with E-state index in [-0.39, 0.29) is 23.4 Å². The van der Waals surface area contributed by atoms with Gasteiger partial charge in [0.05, 0.1) is 28.3 Å². The summed E-state index contributed by atoms with van der Waals surface area (Å²) in [7, 11) is 1.72. The van der Waals surface area contributed by atoms with Gasteiger partial charge in [0.2, 0.25) is 11.8 Å². The molecule has 0 aliphatic heterocycles. The number of hydrogen-bond donors (Lipinski definition) is 2. The molecule has 0 aliphatic rings. The summed E-state index contributed by atoms with van der Waals surface area (Å²) in [5, 5.41) is 6.31. The summed E-state index contributed by atoms with van der Waals surface area (Å²) in [5.74, 6) is -0.461. The summed E-state index contributed by atoms with van der Waals surface area (Å²) in [6.07, 6.45) is 0. The number of benzene rings is 2. The van der Waals surface area contributed by atoms with Crippen LogP contribution in [0.25, 0.3) is 0 Å². The molecular weight excluding hydrogens is 385 g/mol. The first-order valence-corrected chi connectivity index (χ1v) is 9.27. The number of nitrogens with zero attached hydrogens (tertiary/aromatic N) is 1. The molecule has 0 radical (unpaired) electrons. The van der Waals surface area contributed by atoms with Gasteiger partial charge in [0, 0.05) is 5.69 Å². The van der Waals surface area contributed by atoms with Crippen LogP contribution in [-0.2, 0) is 9.59 Å². The van der Waals surface area contributed by atoms with Crippen LogP contribution in [0.3, 0.4) is 0 Å². The molecule has 144 valence electrons. The second-order valence-electron chi connectivity index (χ2n) is 6.50. The standard InChI is InChI=1S/C20H23Cl2N3O2/c1-12-7-5-8-13(2)19(12)24-17(26)11-25(4)14(3)20(27)23-16-10-6-9-15(21)18(16)22/h5-10,14H,11H2,1-4H3,(H,23,27)(H,24,26). The third-order valence-electron chi connectivity index (χ3n) is 4.39. The summed E-state index contributed by atoms with van der Waals surface area (Å²) in [6, 6.07) is 10.3. The van der Waals surface area contributed by atoms with Crippen molar-refractivity contribution in [1.82, 2.24) is 4.90 Å². The van der Waals surface area contributed by atoms with Crippen molar-refractivity contribution in [2.75, 3.05) is 24.2 Å². The Morgan fingerprint density at radius 3 is 2.26 bits per heavy atom. The number of rotatable bonds is 6. The van der Waals surface area contributed by atoms with Crippen molar-refractivity contribution >= 4 is 46.4 Å². The lowest BCUT2D eigenvalue weighted by Crippen LogP contribution is -2.43. The van der Waals surface area contributed by atoms with Gasteiger partial charge in [-0.25, -0.2) is 0 Å². The summed E-state index contributed by atoms with van der Waals surface area (Å²) in [4.78, 5) is 26.5. The fourth-order valence-corrected chi connectivity index (χ4v) is 2.94. The van der Waals surface area contributed by atoms with Gasteiger partial charge < -0.3 is 10.6 Å². The quantitative estimate of drug-likeness (QED) is 0.740. The molecule has 2 aromatic carbocycles. The van der Waals surface area contributed by atoms with Crippen molar-refractivity contribution in [3.05, 3.63) is 57.6 Å². The third-order valence-corrected chi connectivity index (χ3v) is 5.21. The van der Waals surface area contributed by atoms with E-state index in [2.05, 4.69) is 10.6 Å². The van der Waals surface area contributed by atoms with E-state index in [0.717, 1.165) is 16.8 Å². The number of hydrogen-bond acceptors (Lipinski definition) is 3. The Balaban J connectivity index is 1.98. The molecule has 1 atom stereocenters. The van der Waals surface area contributed by atoms with Crippen molar-refractivity contribution in [3.63, 3.8) is 0 Å². The maximum absolute atomic E-state index is 12.5. The second kappa shape index (κ2) is 9.22. The van der Waals surface area contributed by atoms with E-state index in [0.29, 0.717) is 10.7 Å². The molecule has 2 N–H and O–H groups in total. The smallest absolute Gasteiger partial charge is 0.241 e. The number of carbonyl (C=O) groups excluding carboxylic acids is 2. The molecule has 0 saturated carbocycles. The molecule has 2 rings (SSSR count). The minimum atomic E-state index is -0.538. The zero-order valence-electron chi connectivity index (χ0n) is 15.8. The van der Waals surface area contributed by atoms with Crippen LogP contribution in [-0.4, -0.2) is 36.3 Å². The van der Waals surface area contributed by atoms with Gasteiger partial charge in [0.15, 0.2) is 0 Å². The van der Waals surface area contributed by atoms with Crippen molar-refractivity contribution in [3.8, 4) is 0 Å². The first-order valence-electron chi connectivity index (χ1n) is 8.52. The molecule has 2 amide bonds. The second-order valence-corrected chi connectivity index (χ2v) is 7.28. The highest BCUT2D eigenvalue weighted by Crippen LogP contribution is 2.29. The van der Waals surface area contributed by atoms with E-state index in [1.165, 1.54) is 0 Å². The van der Waals surface area contributed by atoms with E-state index in [1.54, 1.807) is 37.1 Å². The summed E-state index contributed by atoms with van der Waals surface area (Å²) < 4.78 is 0. The molecule has 0 saturated heterocycles. The van der Waals surface area contributed by atoms with Gasteiger partial charge in [-0.1, -0.05) is 47.5 Å². The molecule has 0 spiro atoms. The minimum absolute atomic E-state index is 0.0750. The van der Waals surface area contributed by atoms with Crippen LogP contribution in [0.1, 0.15) is 18.1 Å². The van der Waals surface area contributed by atoms with Crippen LogP contribution in [0, 0.1) is 13.8 Å². The van der Waals surface area contributed by atoms with E-state index >= 15 is 0 Å². The highest BCUT2D eigenvalue weighted by atomic mass is 35.5. The number of nitrogens with one attached hydrogen (secondary N) is 2. The Morgan fingerprint density at radius 1 is 1.04 bits per heavy atom. The highest BCUT2D eigenvalue weighted by Gasteiger charge is 2.21. The van der Waals surface area contributed by atoms with Crippen molar-refractivity contribution in [1.29, 1.82) is 0 Å². The maximum atomic E-state index is 12.5. The largest absolute Gasteiger partial charge is 0.324 e. The van der Waals surface area contributed by atoms with Crippen molar-refractivity contribution < 1.29 is 9.59 Å². The van der Waals surface area contributed by atoms with Gasteiger partial charge in [-0.15, -0.1) is 0 Å². The van der Waals surface area contributed by atoms with Crippen LogP contribution in [0.15, 0.2) is 36.4 Å². The molecule has 0 bridgehead atoms. The van der Waals surface area contributed by atoms with E-state index < -0.39 is 6.04 Å². The molecule has 0 aromatic heterocycles. The number of carbonyl (C=O) groups is 2. The van der Waals surface area contributed by atoms with E-state index in [1.807, 2.05) is 32.0 Å². The topological polar surface area (TPSA) is 61.4 Å². The number of likely N-dealkylation sites (N-methyl/N-ethyl adjacent to an activating group) is 1. The Hall–Kier alpha value is -2.08. The lowest BCUT2D eigenvalue weighted by Gasteiger charge is -2.24. The first kappa shape index (κ1) is 21.2. The molecule has 5 nitrogen and oxygen atoms in total. The minimum Gasteiger partial charge on any atom is -0.324 e. The normalized spacial score (nSPS) is 12.0. The number of aryl methyl sites for hydroxylation is 2. The van der Waals surface area contributed by atoms with Crippen LogP contribution < -0.4 is 10.6 Å². The Morgan fingerprint density at radius 2 is 1.63 bits per heavy atom. The van der Waals surface area contributed by atoms with Crippen LogP contribution >= 0.6 is 23.2 Å². The van der Waals surface area contributed by atoms with Gasteiger partial charge in [-0.2, -0.15) is 0 Å². The summed E-state index contributed by atoms with van der Waals surface area (Å²) in [6.45, 7) is 5.68. The monoisotopic (exact) mass is 407 g/mol. The highest BCUT2D eigenvalue weighted by molar-refractivity contribution is 6.44. The maximum Gasteiger partial charge on any atom is 0.241 e. The Kier molecular flexibility index (Phi) is 7.25. The molecule has 0 heterocycles. The van der Waals surface area contributed by atoms with Crippen molar-refractivity contribution in [2.45, 2.75) is 26.8 Å². The van der Waals surface area contributed by atoms with Crippen molar-refractivity contribution in [2.24, 2.45) is 0 Å². The molecular formula is C20H23Cl2N3O2. The predicted molar refractivity (Wildman–Crippen MR) is 112 cm³/mol. The lowest BCUT2D eigenvalue weighted by molar-refractivity contribution is -0.122. The Labute approximate surface area is 169 Å². The molecule has 27 heavy (non-hydrogen) atoms. The fourth-order valence-electron chi connectivity index (χ4n) is 2.59. The van der Waals surface area contributed by atoms with E-state index in [9.17, 15) is 9.59 Å². The third kappa shape index (κ3) is 5.45. The van der Waals surface area contributed by atoms with Gasteiger partial charge in [0.25, 0.3) is 0 Å². The van der Waals surface area contributed by atoms with Gasteiger partial charge in [-0.05, 0) is 51.1 Å². The average molecular weight is 408 g/mol. The Bertz CT molecular complexity index is 835. The van der Waals surface area contributed by atoms with Crippen LogP contribution in [0.2, 0.25) is 10.0 Å². The zero-order chi connectivity index (χ0) is 20.1. The lowest BCUT2D eigenvalue weighted by atomic mass is 10.1. The molecule has 0 aliphatic carbocycles. The molecule has 1 unspecified atom stereocenters.